The zero-order valence-corrected chi connectivity index (χ0v) is 12.4. The van der Waals surface area contributed by atoms with Crippen molar-refractivity contribution in [1.29, 1.82) is 0 Å². The van der Waals surface area contributed by atoms with Crippen LogP contribution in [0.25, 0.3) is 0 Å². The highest BCUT2D eigenvalue weighted by Crippen LogP contribution is 2.26. The predicted molar refractivity (Wildman–Crippen MR) is 76.0 cm³/mol. The second kappa shape index (κ2) is 7.25. The SMILES string of the molecule is COC(C)CCC(=O)N1CCC(C2CCCN2)CC1. The van der Waals surface area contributed by atoms with E-state index in [1.54, 1.807) is 7.11 Å². The first-order chi connectivity index (χ1) is 9.20. The summed E-state index contributed by atoms with van der Waals surface area (Å²) in [5.74, 6) is 1.09. The molecule has 4 heteroatoms. The summed E-state index contributed by atoms with van der Waals surface area (Å²) in [5, 5.41) is 3.60. The van der Waals surface area contributed by atoms with Crippen molar-refractivity contribution in [3.8, 4) is 0 Å². The molecule has 0 aromatic carbocycles. The largest absolute Gasteiger partial charge is 0.382 e. The van der Waals surface area contributed by atoms with Crippen LogP contribution < -0.4 is 5.32 Å². The Bertz CT molecular complexity index is 282. The molecule has 0 aromatic rings. The molecular weight excluding hydrogens is 240 g/mol. The number of hydrogen-bond acceptors (Lipinski definition) is 3. The molecule has 2 unspecified atom stereocenters. The van der Waals surface area contributed by atoms with E-state index in [0.717, 1.165) is 25.4 Å². The summed E-state index contributed by atoms with van der Waals surface area (Å²) in [5.41, 5.74) is 0. The second-order valence-corrected chi connectivity index (χ2v) is 6.01. The first kappa shape index (κ1) is 14.8. The Morgan fingerprint density at radius 3 is 2.68 bits per heavy atom. The van der Waals surface area contributed by atoms with Gasteiger partial charge in [0.15, 0.2) is 0 Å². The minimum Gasteiger partial charge on any atom is -0.382 e. The van der Waals surface area contributed by atoms with E-state index in [9.17, 15) is 4.79 Å². The molecule has 2 atom stereocenters. The van der Waals surface area contributed by atoms with Crippen molar-refractivity contribution in [2.45, 2.75) is 57.6 Å². The Morgan fingerprint density at radius 1 is 1.37 bits per heavy atom. The van der Waals surface area contributed by atoms with E-state index in [1.807, 2.05) is 11.8 Å². The minimum atomic E-state index is 0.184. The molecule has 0 bridgehead atoms. The molecule has 4 nitrogen and oxygen atoms in total. The van der Waals surface area contributed by atoms with Crippen molar-refractivity contribution in [1.82, 2.24) is 10.2 Å². The number of hydrogen-bond donors (Lipinski definition) is 1. The summed E-state index contributed by atoms with van der Waals surface area (Å²) in [6.07, 6.45) is 6.62. The predicted octanol–water partition coefficient (Wildman–Crippen LogP) is 1.79. The number of ether oxygens (including phenoxy) is 1. The monoisotopic (exact) mass is 268 g/mol. The number of carbonyl (C=O) groups excluding carboxylic acids is 1. The van der Waals surface area contributed by atoms with Crippen molar-refractivity contribution in [3.63, 3.8) is 0 Å². The smallest absolute Gasteiger partial charge is 0.222 e. The Morgan fingerprint density at radius 2 is 2.11 bits per heavy atom. The lowest BCUT2D eigenvalue weighted by molar-refractivity contribution is -0.133. The van der Waals surface area contributed by atoms with Crippen LogP contribution in [0.4, 0.5) is 0 Å². The number of nitrogens with zero attached hydrogens (tertiary/aromatic N) is 1. The summed E-state index contributed by atoms with van der Waals surface area (Å²) in [4.78, 5) is 14.2. The van der Waals surface area contributed by atoms with E-state index in [4.69, 9.17) is 4.74 Å². The van der Waals surface area contributed by atoms with Gasteiger partial charge in [-0.1, -0.05) is 0 Å². The van der Waals surface area contributed by atoms with Gasteiger partial charge in [-0.3, -0.25) is 4.79 Å². The fraction of sp³-hybridized carbons (Fsp3) is 0.933. The highest BCUT2D eigenvalue weighted by molar-refractivity contribution is 5.76. The Hall–Kier alpha value is -0.610. The van der Waals surface area contributed by atoms with Crippen molar-refractivity contribution in [2.75, 3.05) is 26.7 Å². The lowest BCUT2D eigenvalue weighted by Crippen LogP contribution is -2.43. The molecule has 0 radical (unpaired) electrons. The van der Waals surface area contributed by atoms with Gasteiger partial charge in [-0.15, -0.1) is 0 Å². The number of nitrogens with one attached hydrogen (secondary N) is 1. The number of amides is 1. The molecule has 1 amide bonds. The molecule has 19 heavy (non-hydrogen) atoms. The van der Waals surface area contributed by atoms with E-state index >= 15 is 0 Å². The Kier molecular flexibility index (Phi) is 5.64. The zero-order chi connectivity index (χ0) is 13.7. The van der Waals surface area contributed by atoms with Crippen molar-refractivity contribution < 1.29 is 9.53 Å². The number of likely N-dealkylation sites (tertiary alicyclic amines) is 1. The molecular formula is C15H28N2O2. The lowest BCUT2D eigenvalue weighted by atomic mass is 9.88. The van der Waals surface area contributed by atoms with Crippen LogP contribution in [-0.2, 0) is 9.53 Å². The highest BCUT2D eigenvalue weighted by atomic mass is 16.5. The van der Waals surface area contributed by atoms with Crippen LogP contribution in [0.15, 0.2) is 0 Å². The maximum atomic E-state index is 12.1. The summed E-state index contributed by atoms with van der Waals surface area (Å²) in [6.45, 7) is 5.09. The van der Waals surface area contributed by atoms with Crippen LogP contribution >= 0.6 is 0 Å². The van der Waals surface area contributed by atoms with Crippen LogP contribution in [0.1, 0.15) is 45.4 Å². The van der Waals surface area contributed by atoms with Crippen LogP contribution in [0, 0.1) is 5.92 Å². The molecule has 2 saturated heterocycles. The quantitative estimate of drug-likeness (QED) is 0.826. The average molecular weight is 268 g/mol. The maximum Gasteiger partial charge on any atom is 0.222 e. The van der Waals surface area contributed by atoms with E-state index in [1.165, 1.54) is 32.2 Å². The third-order valence-corrected chi connectivity index (χ3v) is 4.73. The third kappa shape index (κ3) is 4.18. The highest BCUT2D eigenvalue weighted by Gasteiger charge is 2.29. The second-order valence-electron chi connectivity index (χ2n) is 6.01. The molecule has 1 N–H and O–H groups in total. The molecule has 0 saturated carbocycles. The van der Waals surface area contributed by atoms with Gasteiger partial charge >= 0.3 is 0 Å². The van der Waals surface area contributed by atoms with Crippen molar-refractivity contribution in [3.05, 3.63) is 0 Å². The van der Waals surface area contributed by atoms with E-state index in [0.29, 0.717) is 18.4 Å². The number of carbonyl (C=O) groups is 1. The molecule has 110 valence electrons. The number of piperidine rings is 1. The third-order valence-electron chi connectivity index (χ3n) is 4.73. The van der Waals surface area contributed by atoms with Gasteiger partial charge in [-0.05, 0) is 51.5 Å². The maximum absolute atomic E-state index is 12.1. The standard InChI is InChI=1S/C15H28N2O2/c1-12(19-2)5-6-15(18)17-10-7-13(8-11-17)14-4-3-9-16-14/h12-14,16H,3-11H2,1-2H3. The molecule has 2 aliphatic heterocycles. The van der Waals surface area contributed by atoms with Crippen LogP contribution in [0.3, 0.4) is 0 Å². The van der Waals surface area contributed by atoms with Crippen molar-refractivity contribution >= 4 is 5.91 Å². The summed E-state index contributed by atoms with van der Waals surface area (Å²) in [6, 6.07) is 0.714. The number of rotatable bonds is 5. The van der Waals surface area contributed by atoms with Gasteiger partial charge < -0.3 is 15.0 Å². The lowest BCUT2D eigenvalue weighted by Gasteiger charge is -2.35. The molecule has 0 aromatic heterocycles. The van der Waals surface area contributed by atoms with E-state index in [-0.39, 0.29) is 6.10 Å². The van der Waals surface area contributed by atoms with Crippen LogP contribution in [0.2, 0.25) is 0 Å². The van der Waals surface area contributed by atoms with E-state index < -0.39 is 0 Å². The fourth-order valence-corrected chi connectivity index (χ4v) is 3.27. The normalized spacial score (nSPS) is 26.6. The Labute approximate surface area is 116 Å². The first-order valence-corrected chi connectivity index (χ1v) is 7.74. The zero-order valence-electron chi connectivity index (χ0n) is 12.4. The van der Waals surface area contributed by atoms with Gasteiger partial charge in [0.2, 0.25) is 5.91 Å². The van der Waals surface area contributed by atoms with Gasteiger partial charge in [0.1, 0.15) is 0 Å². The van der Waals surface area contributed by atoms with Crippen LogP contribution in [-0.4, -0.2) is 49.7 Å². The average Bonchev–Trinajstić information content (AvgIpc) is 2.98. The van der Waals surface area contributed by atoms with Crippen molar-refractivity contribution in [2.24, 2.45) is 5.92 Å². The van der Waals surface area contributed by atoms with Gasteiger partial charge in [-0.2, -0.15) is 0 Å². The molecule has 2 heterocycles. The molecule has 2 fully saturated rings. The topological polar surface area (TPSA) is 41.6 Å². The van der Waals surface area contributed by atoms with Gasteiger partial charge in [-0.25, -0.2) is 0 Å². The number of methoxy groups -OCH3 is 1. The molecule has 2 rings (SSSR count). The molecule has 0 aliphatic carbocycles. The molecule has 2 aliphatic rings. The summed E-state index contributed by atoms with van der Waals surface area (Å²) in [7, 11) is 1.70. The van der Waals surface area contributed by atoms with Gasteiger partial charge in [0.05, 0.1) is 6.10 Å². The summed E-state index contributed by atoms with van der Waals surface area (Å²) < 4.78 is 5.19. The molecule has 0 spiro atoms. The minimum absolute atomic E-state index is 0.184. The fourth-order valence-electron chi connectivity index (χ4n) is 3.27. The van der Waals surface area contributed by atoms with Gasteiger partial charge in [0, 0.05) is 32.7 Å². The van der Waals surface area contributed by atoms with Crippen LogP contribution in [0.5, 0.6) is 0 Å². The summed E-state index contributed by atoms with van der Waals surface area (Å²) >= 11 is 0. The van der Waals surface area contributed by atoms with E-state index in [2.05, 4.69) is 5.32 Å². The first-order valence-electron chi connectivity index (χ1n) is 7.74. The van der Waals surface area contributed by atoms with Gasteiger partial charge in [0.25, 0.3) is 0 Å². The Balaban J connectivity index is 1.68.